The molecule has 4 heteroatoms. The van der Waals surface area contributed by atoms with E-state index >= 15 is 0 Å². The van der Waals surface area contributed by atoms with Crippen LogP contribution >= 0.6 is 11.3 Å². The van der Waals surface area contributed by atoms with Gasteiger partial charge in [0, 0.05) is 35.8 Å². The maximum absolute atomic E-state index is 5.94. The fourth-order valence-corrected chi connectivity index (χ4v) is 4.22. The molecule has 2 atom stereocenters. The third-order valence-electron chi connectivity index (χ3n) is 3.84. The highest BCUT2D eigenvalue weighted by Crippen LogP contribution is 2.32. The molecule has 0 radical (unpaired) electrons. The van der Waals surface area contributed by atoms with Crippen LogP contribution in [0, 0.1) is 0 Å². The first-order valence-electron chi connectivity index (χ1n) is 7.24. The van der Waals surface area contributed by atoms with E-state index in [1.54, 1.807) is 0 Å². The average molecular weight is 290 g/mol. The first-order valence-corrected chi connectivity index (χ1v) is 8.06. The van der Waals surface area contributed by atoms with Gasteiger partial charge >= 0.3 is 0 Å². The van der Waals surface area contributed by atoms with Crippen LogP contribution in [0.3, 0.4) is 0 Å². The number of hydrogen-bond donors (Lipinski definition) is 1. The van der Waals surface area contributed by atoms with Gasteiger partial charge in [0.05, 0.1) is 12.2 Å². The van der Waals surface area contributed by atoms with Crippen LogP contribution in [0.25, 0.3) is 10.1 Å². The van der Waals surface area contributed by atoms with Gasteiger partial charge in [-0.2, -0.15) is 0 Å². The highest BCUT2D eigenvalue weighted by Gasteiger charge is 2.23. The van der Waals surface area contributed by atoms with Crippen LogP contribution in [-0.2, 0) is 17.8 Å². The number of fused-ring (bicyclic) bond motifs is 1. The summed E-state index contributed by atoms with van der Waals surface area (Å²) in [5.41, 5.74) is 7.35. The largest absolute Gasteiger partial charge is 0.373 e. The molecular formula is C16H22N2OS. The molecule has 20 heavy (non-hydrogen) atoms. The number of ether oxygens (including phenoxy) is 1. The summed E-state index contributed by atoms with van der Waals surface area (Å²) in [6.45, 7) is 7.91. The van der Waals surface area contributed by atoms with Gasteiger partial charge in [-0.05, 0) is 30.9 Å². The molecule has 0 saturated carbocycles. The van der Waals surface area contributed by atoms with Gasteiger partial charge in [-0.25, -0.2) is 0 Å². The summed E-state index contributed by atoms with van der Waals surface area (Å²) in [5.74, 6) is 0. The summed E-state index contributed by atoms with van der Waals surface area (Å²) in [4.78, 5) is 3.81. The van der Waals surface area contributed by atoms with Gasteiger partial charge in [-0.1, -0.05) is 18.2 Å². The number of benzene rings is 1. The second-order valence-electron chi connectivity index (χ2n) is 5.66. The van der Waals surface area contributed by atoms with Crippen LogP contribution in [0.2, 0.25) is 0 Å². The van der Waals surface area contributed by atoms with Crippen LogP contribution in [-0.4, -0.2) is 30.2 Å². The first-order chi connectivity index (χ1) is 9.67. The summed E-state index contributed by atoms with van der Waals surface area (Å²) in [5, 5.41) is 1.37. The van der Waals surface area contributed by atoms with Gasteiger partial charge in [0.1, 0.15) is 0 Å². The van der Waals surface area contributed by atoms with Crippen molar-refractivity contribution in [2.24, 2.45) is 5.73 Å². The van der Waals surface area contributed by atoms with Crippen molar-refractivity contribution >= 4 is 21.4 Å². The zero-order chi connectivity index (χ0) is 14.1. The standard InChI is InChI=1S/C16H22N2OS/c1-11-8-18(9-12(2)19-11)10-14-13-5-3-4-6-15(13)20-16(14)7-17/h3-6,11-12H,7-10,17H2,1-2H3. The summed E-state index contributed by atoms with van der Waals surface area (Å²) in [6.07, 6.45) is 0.620. The van der Waals surface area contributed by atoms with Gasteiger partial charge in [-0.3, -0.25) is 4.90 Å². The fraction of sp³-hybridized carbons (Fsp3) is 0.500. The maximum atomic E-state index is 5.94. The van der Waals surface area contributed by atoms with Gasteiger partial charge < -0.3 is 10.5 Å². The molecule has 0 aliphatic carbocycles. The minimum Gasteiger partial charge on any atom is -0.373 e. The molecule has 3 rings (SSSR count). The van der Waals surface area contributed by atoms with Gasteiger partial charge in [0.2, 0.25) is 0 Å². The fourth-order valence-electron chi connectivity index (χ4n) is 3.12. The van der Waals surface area contributed by atoms with Crippen LogP contribution in [0.5, 0.6) is 0 Å². The van der Waals surface area contributed by atoms with Crippen LogP contribution in [0.4, 0.5) is 0 Å². The van der Waals surface area contributed by atoms with Crippen molar-refractivity contribution in [1.82, 2.24) is 4.90 Å². The summed E-state index contributed by atoms with van der Waals surface area (Å²) in [6, 6.07) is 8.62. The van der Waals surface area contributed by atoms with E-state index in [9.17, 15) is 0 Å². The van der Waals surface area contributed by atoms with Gasteiger partial charge in [-0.15, -0.1) is 11.3 Å². The SMILES string of the molecule is CC1CN(Cc2c(CN)sc3ccccc23)CC(C)O1. The van der Waals surface area contributed by atoms with E-state index < -0.39 is 0 Å². The normalized spacial score (nSPS) is 24.4. The van der Waals surface area contributed by atoms with Crippen molar-refractivity contribution in [3.63, 3.8) is 0 Å². The van der Waals surface area contributed by atoms with Crippen molar-refractivity contribution < 1.29 is 4.74 Å². The van der Waals surface area contributed by atoms with E-state index in [0.29, 0.717) is 18.8 Å². The lowest BCUT2D eigenvalue weighted by atomic mass is 10.1. The highest BCUT2D eigenvalue weighted by atomic mass is 32.1. The minimum absolute atomic E-state index is 0.310. The molecule has 2 unspecified atom stereocenters. The number of hydrogen-bond acceptors (Lipinski definition) is 4. The smallest absolute Gasteiger partial charge is 0.0678 e. The van der Waals surface area contributed by atoms with E-state index in [2.05, 4.69) is 43.0 Å². The Balaban J connectivity index is 1.89. The second-order valence-corrected chi connectivity index (χ2v) is 6.79. The molecule has 2 N–H and O–H groups in total. The number of rotatable bonds is 3. The number of nitrogens with zero attached hydrogens (tertiary/aromatic N) is 1. The quantitative estimate of drug-likeness (QED) is 0.944. The molecule has 2 aromatic rings. The second kappa shape index (κ2) is 5.82. The maximum Gasteiger partial charge on any atom is 0.0678 e. The van der Waals surface area contributed by atoms with E-state index in [1.165, 1.54) is 20.5 Å². The van der Waals surface area contributed by atoms with Crippen molar-refractivity contribution in [1.29, 1.82) is 0 Å². The third-order valence-corrected chi connectivity index (χ3v) is 5.08. The molecule has 2 heterocycles. The lowest BCUT2D eigenvalue weighted by Crippen LogP contribution is -2.44. The molecular weight excluding hydrogens is 268 g/mol. The Morgan fingerprint density at radius 1 is 1.25 bits per heavy atom. The zero-order valence-corrected chi connectivity index (χ0v) is 13.0. The predicted octanol–water partition coefficient (Wildman–Crippen LogP) is 2.97. The Kier molecular flexibility index (Phi) is 4.08. The van der Waals surface area contributed by atoms with Gasteiger partial charge in [0.15, 0.2) is 0 Å². The molecule has 0 bridgehead atoms. The highest BCUT2D eigenvalue weighted by molar-refractivity contribution is 7.19. The molecule has 1 aromatic heterocycles. The molecule has 1 aliphatic heterocycles. The number of morpholine rings is 1. The van der Waals surface area contributed by atoms with Crippen LogP contribution in [0.1, 0.15) is 24.3 Å². The van der Waals surface area contributed by atoms with Crippen LogP contribution < -0.4 is 5.73 Å². The Hall–Kier alpha value is -0.940. The molecule has 0 spiro atoms. The summed E-state index contributed by atoms with van der Waals surface area (Å²) in [7, 11) is 0. The predicted molar refractivity (Wildman–Crippen MR) is 85.0 cm³/mol. The molecule has 3 nitrogen and oxygen atoms in total. The van der Waals surface area contributed by atoms with Crippen molar-refractivity contribution in [2.75, 3.05) is 13.1 Å². The van der Waals surface area contributed by atoms with E-state index in [4.69, 9.17) is 10.5 Å². The zero-order valence-electron chi connectivity index (χ0n) is 12.1. The Labute approximate surface area is 124 Å². The lowest BCUT2D eigenvalue weighted by Gasteiger charge is -2.35. The Morgan fingerprint density at radius 2 is 1.95 bits per heavy atom. The lowest BCUT2D eigenvalue weighted by molar-refractivity contribution is -0.0704. The average Bonchev–Trinajstić information content (AvgIpc) is 2.76. The van der Waals surface area contributed by atoms with Crippen molar-refractivity contribution in [2.45, 2.75) is 39.1 Å². The monoisotopic (exact) mass is 290 g/mol. The van der Waals surface area contributed by atoms with E-state index in [-0.39, 0.29) is 0 Å². The molecule has 1 aliphatic rings. The summed E-state index contributed by atoms with van der Waals surface area (Å²) < 4.78 is 7.16. The molecule has 1 fully saturated rings. The third kappa shape index (κ3) is 2.74. The van der Waals surface area contributed by atoms with Crippen molar-refractivity contribution in [3.8, 4) is 0 Å². The van der Waals surface area contributed by atoms with Gasteiger partial charge in [0.25, 0.3) is 0 Å². The topological polar surface area (TPSA) is 38.5 Å². The first kappa shape index (κ1) is 14.0. The molecule has 0 amide bonds. The van der Waals surface area contributed by atoms with Crippen molar-refractivity contribution in [3.05, 3.63) is 34.7 Å². The summed E-state index contributed by atoms with van der Waals surface area (Å²) >= 11 is 1.83. The molecule has 1 aromatic carbocycles. The Morgan fingerprint density at radius 3 is 2.65 bits per heavy atom. The van der Waals surface area contributed by atoms with E-state index in [1.807, 2.05) is 11.3 Å². The minimum atomic E-state index is 0.310. The van der Waals surface area contributed by atoms with Crippen LogP contribution in [0.15, 0.2) is 24.3 Å². The number of thiophene rings is 1. The molecule has 1 saturated heterocycles. The molecule has 108 valence electrons. The number of nitrogens with two attached hydrogens (primary N) is 1. The van der Waals surface area contributed by atoms with E-state index in [0.717, 1.165) is 19.6 Å². The Bertz CT molecular complexity index is 585.